The van der Waals surface area contributed by atoms with Crippen molar-refractivity contribution < 1.29 is 4.92 Å². The normalized spacial score (nSPS) is 11.4. The molecule has 5 aromatic rings. The molecule has 0 fully saturated rings. The first-order valence-electron chi connectivity index (χ1n) is 9.70. The largest absolute Gasteiger partial charge is 0.283 e. The molecular weight excluding hydrogens is 476 g/mol. The van der Waals surface area contributed by atoms with E-state index in [9.17, 15) is 14.9 Å². The van der Waals surface area contributed by atoms with E-state index in [1.54, 1.807) is 24.4 Å². The number of hydrogen-bond donors (Lipinski definition) is 0. The number of nitro benzene ring substituents is 1. The third-order valence-corrected chi connectivity index (χ3v) is 7.90. The Balaban J connectivity index is 1.69. The van der Waals surface area contributed by atoms with Gasteiger partial charge < -0.3 is 0 Å². The Morgan fingerprint density at radius 2 is 1.85 bits per heavy atom. The van der Waals surface area contributed by atoms with Crippen LogP contribution in [0.3, 0.4) is 0 Å². The number of hydrogen-bond acceptors (Lipinski definition) is 8. The van der Waals surface area contributed by atoms with Crippen LogP contribution in [0.4, 0.5) is 5.69 Å². The van der Waals surface area contributed by atoms with E-state index in [4.69, 9.17) is 0 Å². The van der Waals surface area contributed by atoms with Gasteiger partial charge in [-0.15, -0.1) is 22.7 Å². The average molecular weight is 491 g/mol. The van der Waals surface area contributed by atoms with Gasteiger partial charge in [-0.1, -0.05) is 60.3 Å². The Bertz CT molecular complexity index is 1540. The number of nitro groups is 1. The van der Waals surface area contributed by atoms with Gasteiger partial charge in [0.05, 0.1) is 25.6 Å². The zero-order valence-corrected chi connectivity index (χ0v) is 19.3. The molecule has 0 atom stereocenters. The molecule has 3 heterocycles. The molecule has 0 saturated carbocycles. The minimum Gasteiger partial charge on any atom is -0.267 e. The van der Waals surface area contributed by atoms with Crippen molar-refractivity contribution in [3.63, 3.8) is 0 Å². The van der Waals surface area contributed by atoms with Gasteiger partial charge >= 0.3 is 0 Å². The van der Waals surface area contributed by atoms with Crippen LogP contribution in [0.25, 0.3) is 21.3 Å². The van der Waals surface area contributed by atoms with Crippen LogP contribution in [0, 0.1) is 10.1 Å². The minimum atomic E-state index is -0.400. The van der Waals surface area contributed by atoms with Gasteiger partial charge in [0.25, 0.3) is 11.2 Å². The molecular formula is C23H14N4O3S3. The fourth-order valence-corrected chi connectivity index (χ4v) is 6.32. The van der Waals surface area contributed by atoms with Crippen molar-refractivity contribution in [2.45, 2.75) is 9.10 Å². The highest BCUT2D eigenvalue weighted by Gasteiger charge is 2.22. The topological polar surface area (TPSA) is 90.4 Å². The molecule has 0 radical (unpaired) electrons. The number of benzene rings is 2. The van der Waals surface area contributed by atoms with Crippen molar-refractivity contribution in [3.8, 4) is 11.1 Å². The van der Waals surface area contributed by atoms with Crippen molar-refractivity contribution in [2.75, 3.05) is 0 Å². The minimum absolute atomic E-state index is 0.0184. The average Bonchev–Trinajstić information content (AvgIpc) is 3.47. The quantitative estimate of drug-likeness (QED) is 0.162. The molecule has 0 spiro atoms. The zero-order chi connectivity index (χ0) is 22.8. The summed E-state index contributed by atoms with van der Waals surface area (Å²) in [5.74, 6) is 0. The highest BCUT2D eigenvalue weighted by atomic mass is 32.2. The predicted octanol–water partition coefficient (Wildman–Crippen LogP) is 6.13. The van der Waals surface area contributed by atoms with Crippen LogP contribution in [0.5, 0.6) is 0 Å². The first kappa shape index (κ1) is 21.3. The molecule has 0 bridgehead atoms. The van der Waals surface area contributed by atoms with Gasteiger partial charge in [0.15, 0.2) is 0 Å². The molecule has 0 aliphatic heterocycles. The van der Waals surface area contributed by atoms with Gasteiger partial charge in [-0.05, 0) is 23.1 Å². The maximum atomic E-state index is 13.4. The summed E-state index contributed by atoms with van der Waals surface area (Å²) in [6.07, 6.45) is 3.02. The van der Waals surface area contributed by atoms with Gasteiger partial charge in [-0.2, -0.15) is 9.78 Å². The number of fused-ring (bicyclic) bond motifs is 1. The monoisotopic (exact) mass is 490 g/mol. The third kappa shape index (κ3) is 4.23. The Labute approximate surface area is 199 Å². The maximum Gasteiger partial charge on any atom is 0.283 e. The molecule has 0 amide bonds. The lowest BCUT2D eigenvalue weighted by Gasteiger charge is -2.06. The summed E-state index contributed by atoms with van der Waals surface area (Å²) in [4.78, 5) is 31.0. The van der Waals surface area contributed by atoms with E-state index in [1.807, 2.05) is 47.8 Å². The summed E-state index contributed by atoms with van der Waals surface area (Å²) in [7, 11) is 0. The highest BCUT2D eigenvalue weighted by molar-refractivity contribution is 8.01. The Morgan fingerprint density at radius 1 is 1.06 bits per heavy atom. The van der Waals surface area contributed by atoms with Crippen molar-refractivity contribution in [3.05, 3.63) is 104 Å². The van der Waals surface area contributed by atoms with E-state index in [-0.39, 0.29) is 11.2 Å². The fraction of sp³-hybridized carbons (Fsp3) is 0. The number of aromatic nitrogens is 2. The maximum absolute atomic E-state index is 13.4. The highest BCUT2D eigenvalue weighted by Crippen LogP contribution is 2.46. The molecule has 2 aromatic carbocycles. The molecule has 0 saturated heterocycles. The van der Waals surface area contributed by atoms with Gasteiger partial charge in [0.1, 0.15) is 11.2 Å². The summed E-state index contributed by atoms with van der Waals surface area (Å²) in [6, 6.07) is 19.9. The number of para-hydroxylation sites is 1. The second kappa shape index (κ2) is 9.10. The molecule has 10 heteroatoms. The smallest absolute Gasteiger partial charge is 0.267 e. The van der Waals surface area contributed by atoms with Gasteiger partial charge in [-0.25, -0.2) is 4.98 Å². The Kier molecular flexibility index (Phi) is 5.86. The molecule has 3 aromatic heterocycles. The Morgan fingerprint density at radius 3 is 2.61 bits per heavy atom. The third-order valence-electron chi connectivity index (χ3n) is 4.74. The second-order valence-electron chi connectivity index (χ2n) is 6.79. The van der Waals surface area contributed by atoms with Crippen LogP contribution in [0.2, 0.25) is 0 Å². The van der Waals surface area contributed by atoms with Gasteiger partial charge in [0.2, 0.25) is 0 Å². The van der Waals surface area contributed by atoms with Crippen LogP contribution in [0.15, 0.2) is 97.4 Å². The van der Waals surface area contributed by atoms with Gasteiger partial charge in [-0.3, -0.25) is 14.9 Å². The zero-order valence-electron chi connectivity index (χ0n) is 16.8. The number of nitrogens with zero attached hydrogens (tertiary/aromatic N) is 4. The molecule has 0 aliphatic rings. The number of rotatable bonds is 6. The summed E-state index contributed by atoms with van der Waals surface area (Å²) in [6.45, 7) is 0. The van der Waals surface area contributed by atoms with Crippen molar-refractivity contribution in [1.82, 2.24) is 9.66 Å². The van der Waals surface area contributed by atoms with E-state index in [0.717, 1.165) is 14.6 Å². The first-order chi connectivity index (χ1) is 16.1. The van der Waals surface area contributed by atoms with Crippen molar-refractivity contribution >= 4 is 56.6 Å². The summed E-state index contributed by atoms with van der Waals surface area (Å²) >= 11 is 4.13. The van der Waals surface area contributed by atoms with E-state index in [0.29, 0.717) is 20.7 Å². The number of thiophene rings is 2. The van der Waals surface area contributed by atoms with E-state index in [1.165, 1.54) is 51.5 Å². The summed E-state index contributed by atoms with van der Waals surface area (Å²) in [5.41, 5.74) is 1.27. The van der Waals surface area contributed by atoms with Crippen LogP contribution in [0.1, 0.15) is 4.88 Å². The standard InChI is InChI=1S/C23H14N4O3S3/c28-22-20-19(15-7-2-1-3-8-15)23(32-18-11-5-4-10-17(18)27(29)30)33-21(20)24-14-26(22)25-13-16-9-6-12-31-16/h1-14H. The predicted molar refractivity (Wildman–Crippen MR) is 134 cm³/mol. The Hall–Kier alpha value is -3.60. The molecule has 0 N–H and O–H groups in total. The fourth-order valence-electron chi connectivity index (χ4n) is 3.26. The SMILES string of the molecule is O=c1c2c(-c3ccccc3)c(Sc3ccccc3[N+](=O)[O-])sc2ncn1N=Cc1cccs1. The van der Waals surface area contributed by atoms with Crippen LogP contribution in [-0.4, -0.2) is 20.8 Å². The van der Waals surface area contributed by atoms with E-state index < -0.39 is 4.92 Å². The lowest BCUT2D eigenvalue weighted by Crippen LogP contribution is -2.16. The molecule has 162 valence electrons. The van der Waals surface area contributed by atoms with Crippen molar-refractivity contribution in [2.24, 2.45) is 5.10 Å². The van der Waals surface area contributed by atoms with E-state index in [2.05, 4.69) is 10.1 Å². The molecule has 0 aliphatic carbocycles. The van der Waals surface area contributed by atoms with Gasteiger partial charge in [0, 0.05) is 16.5 Å². The van der Waals surface area contributed by atoms with E-state index >= 15 is 0 Å². The molecule has 0 unspecified atom stereocenters. The van der Waals surface area contributed by atoms with Crippen LogP contribution >= 0.6 is 34.4 Å². The molecule has 33 heavy (non-hydrogen) atoms. The lowest BCUT2D eigenvalue weighted by molar-refractivity contribution is -0.387. The lowest BCUT2D eigenvalue weighted by atomic mass is 10.1. The van der Waals surface area contributed by atoms with Crippen LogP contribution in [-0.2, 0) is 0 Å². The first-order valence-corrected chi connectivity index (χ1v) is 12.2. The molecule has 7 nitrogen and oxygen atoms in total. The summed E-state index contributed by atoms with van der Waals surface area (Å²) < 4.78 is 1.98. The molecule has 5 rings (SSSR count). The van der Waals surface area contributed by atoms with Crippen LogP contribution < -0.4 is 5.56 Å². The second-order valence-corrected chi connectivity index (χ2v) is 10.1. The summed E-state index contributed by atoms with van der Waals surface area (Å²) in [5, 5.41) is 18.2. The van der Waals surface area contributed by atoms with Crippen molar-refractivity contribution in [1.29, 1.82) is 0 Å².